The van der Waals surface area contributed by atoms with Crippen molar-refractivity contribution in [3.8, 4) is 11.5 Å². The van der Waals surface area contributed by atoms with Gasteiger partial charge in [0.15, 0.2) is 0 Å². The fourth-order valence-corrected chi connectivity index (χ4v) is 2.75. The molecule has 4 heteroatoms. The second-order valence-corrected chi connectivity index (χ2v) is 5.55. The molecule has 0 spiro atoms. The summed E-state index contributed by atoms with van der Waals surface area (Å²) in [5, 5.41) is 9.80. The summed E-state index contributed by atoms with van der Waals surface area (Å²) in [7, 11) is 4.10. The largest absolute Gasteiger partial charge is 0.508 e. The second kappa shape index (κ2) is 6.86. The molecular weight excluding hydrogens is 298 g/mol. The van der Waals surface area contributed by atoms with Gasteiger partial charge in [-0.25, -0.2) is 0 Å². The lowest BCUT2D eigenvalue weighted by molar-refractivity contribution is 0.325. The van der Waals surface area contributed by atoms with Gasteiger partial charge in [-0.3, -0.25) is 0 Å². The maximum atomic E-state index is 9.80. The molecule has 0 fully saturated rings. The summed E-state index contributed by atoms with van der Waals surface area (Å²) in [4.78, 5) is 2.13. The van der Waals surface area contributed by atoms with Crippen molar-refractivity contribution in [3.05, 3.63) is 65.2 Å². The summed E-state index contributed by atoms with van der Waals surface area (Å²) in [5.41, 5.74) is 4.51. The highest BCUT2D eigenvalue weighted by Crippen LogP contribution is 2.38. The zero-order valence-electron chi connectivity index (χ0n) is 12.7. The van der Waals surface area contributed by atoms with Crippen molar-refractivity contribution < 1.29 is 9.84 Å². The Labute approximate surface area is 137 Å². The van der Waals surface area contributed by atoms with Crippen LogP contribution in [0, 0.1) is 0 Å². The number of rotatable bonds is 3. The maximum absolute atomic E-state index is 9.80. The Morgan fingerprint density at radius 1 is 1.09 bits per heavy atom. The van der Waals surface area contributed by atoms with E-state index in [1.54, 1.807) is 6.07 Å². The number of hydrogen-bond acceptors (Lipinski definition) is 3. The molecule has 0 amide bonds. The number of aromatic hydroxyl groups is 1. The van der Waals surface area contributed by atoms with Crippen LogP contribution >= 0.6 is 12.4 Å². The zero-order chi connectivity index (χ0) is 14.8. The van der Waals surface area contributed by atoms with E-state index in [1.165, 1.54) is 11.1 Å². The number of benzene rings is 2. The fraction of sp³-hybridized carbons (Fsp3) is 0.222. The van der Waals surface area contributed by atoms with E-state index in [4.69, 9.17) is 4.74 Å². The van der Waals surface area contributed by atoms with E-state index >= 15 is 0 Å². The summed E-state index contributed by atoms with van der Waals surface area (Å²) in [6, 6.07) is 15.5. The van der Waals surface area contributed by atoms with Crippen molar-refractivity contribution in [1.82, 2.24) is 4.90 Å². The number of phenolic OH excluding ortho intramolecular Hbond substituents is 1. The highest BCUT2D eigenvalue weighted by Gasteiger charge is 2.21. The summed E-state index contributed by atoms with van der Waals surface area (Å²) in [5.74, 6) is 1.19. The van der Waals surface area contributed by atoms with Crippen molar-refractivity contribution in [1.29, 1.82) is 0 Å². The van der Waals surface area contributed by atoms with E-state index in [1.807, 2.05) is 50.5 Å². The SMILES string of the molecule is CN(C)CC1=C(c2cccc(O)c2)c2ccccc2OC1.Cl. The van der Waals surface area contributed by atoms with E-state index in [0.717, 1.165) is 23.4 Å². The number of para-hydroxylation sites is 1. The van der Waals surface area contributed by atoms with Crippen molar-refractivity contribution in [2.24, 2.45) is 0 Å². The minimum absolute atomic E-state index is 0. The van der Waals surface area contributed by atoms with Gasteiger partial charge in [0.25, 0.3) is 0 Å². The first kappa shape index (κ1) is 16.4. The number of ether oxygens (including phenoxy) is 1. The minimum atomic E-state index is 0. The molecule has 2 aromatic rings. The van der Waals surface area contributed by atoms with Crippen LogP contribution in [0.1, 0.15) is 11.1 Å². The van der Waals surface area contributed by atoms with Gasteiger partial charge in [-0.15, -0.1) is 12.4 Å². The van der Waals surface area contributed by atoms with Gasteiger partial charge in [0, 0.05) is 12.1 Å². The van der Waals surface area contributed by atoms with Gasteiger partial charge < -0.3 is 14.7 Å². The van der Waals surface area contributed by atoms with Crippen LogP contribution in [0.3, 0.4) is 0 Å². The van der Waals surface area contributed by atoms with Gasteiger partial charge in [0.05, 0.1) is 0 Å². The van der Waals surface area contributed by atoms with Gasteiger partial charge >= 0.3 is 0 Å². The molecule has 1 aliphatic heterocycles. The van der Waals surface area contributed by atoms with Crippen LogP contribution < -0.4 is 4.74 Å². The zero-order valence-corrected chi connectivity index (χ0v) is 13.6. The molecule has 0 atom stereocenters. The predicted octanol–water partition coefficient (Wildman–Crippen LogP) is 3.57. The number of phenols is 1. The number of hydrogen-bond donors (Lipinski definition) is 1. The summed E-state index contributed by atoms with van der Waals surface area (Å²) in [6.07, 6.45) is 0. The van der Waals surface area contributed by atoms with Gasteiger partial charge in [0.1, 0.15) is 18.1 Å². The molecule has 22 heavy (non-hydrogen) atoms. The van der Waals surface area contributed by atoms with Gasteiger partial charge in [-0.1, -0.05) is 30.3 Å². The van der Waals surface area contributed by atoms with Crippen LogP contribution in [-0.4, -0.2) is 37.3 Å². The summed E-state index contributed by atoms with van der Waals surface area (Å²) in [6.45, 7) is 1.42. The van der Waals surface area contributed by atoms with E-state index in [2.05, 4.69) is 11.0 Å². The molecule has 0 bridgehead atoms. The molecule has 116 valence electrons. The Hall–Kier alpha value is -1.97. The second-order valence-electron chi connectivity index (χ2n) is 5.55. The molecule has 0 aromatic heterocycles. The van der Waals surface area contributed by atoms with E-state index in [-0.39, 0.29) is 18.2 Å². The molecular formula is C18H20ClNO2. The summed E-state index contributed by atoms with van der Waals surface area (Å²) >= 11 is 0. The molecule has 0 unspecified atom stereocenters. The predicted molar refractivity (Wildman–Crippen MR) is 91.9 cm³/mol. The van der Waals surface area contributed by atoms with Gasteiger partial charge in [0.2, 0.25) is 0 Å². The lowest BCUT2D eigenvalue weighted by atomic mass is 9.90. The van der Waals surface area contributed by atoms with Crippen molar-refractivity contribution in [2.45, 2.75) is 0 Å². The quantitative estimate of drug-likeness (QED) is 0.939. The molecule has 3 rings (SSSR count). The van der Waals surface area contributed by atoms with Crippen molar-refractivity contribution in [2.75, 3.05) is 27.2 Å². The van der Waals surface area contributed by atoms with Crippen molar-refractivity contribution >= 4 is 18.0 Å². The first-order valence-electron chi connectivity index (χ1n) is 7.03. The smallest absolute Gasteiger partial charge is 0.127 e. The lowest BCUT2D eigenvalue weighted by Gasteiger charge is -2.26. The first-order valence-corrected chi connectivity index (χ1v) is 7.03. The molecule has 1 heterocycles. The van der Waals surface area contributed by atoms with Gasteiger partial charge in [-0.2, -0.15) is 0 Å². The number of likely N-dealkylation sites (N-methyl/N-ethyl adjacent to an activating group) is 1. The molecule has 0 aliphatic carbocycles. The topological polar surface area (TPSA) is 32.7 Å². The Morgan fingerprint density at radius 3 is 2.59 bits per heavy atom. The Kier molecular flexibility index (Phi) is 5.11. The average molecular weight is 318 g/mol. The normalized spacial score (nSPS) is 13.4. The average Bonchev–Trinajstić information content (AvgIpc) is 2.46. The highest BCUT2D eigenvalue weighted by atomic mass is 35.5. The molecule has 3 nitrogen and oxygen atoms in total. The Morgan fingerprint density at radius 2 is 1.86 bits per heavy atom. The maximum Gasteiger partial charge on any atom is 0.127 e. The van der Waals surface area contributed by atoms with Crippen LogP contribution in [0.25, 0.3) is 5.57 Å². The Balaban J connectivity index is 0.00000176. The summed E-state index contributed by atoms with van der Waals surface area (Å²) < 4.78 is 5.87. The van der Waals surface area contributed by atoms with Crippen LogP contribution in [0.5, 0.6) is 11.5 Å². The minimum Gasteiger partial charge on any atom is -0.508 e. The highest BCUT2D eigenvalue weighted by molar-refractivity contribution is 5.86. The third-order valence-electron chi connectivity index (χ3n) is 3.55. The monoisotopic (exact) mass is 317 g/mol. The lowest BCUT2D eigenvalue weighted by Crippen LogP contribution is -2.22. The van der Waals surface area contributed by atoms with Crippen LogP contribution in [0.4, 0.5) is 0 Å². The third kappa shape index (κ3) is 3.26. The molecule has 0 radical (unpaired) electrons. The van der Waals surface area contributed by atoms with Crippen LogP contribution in [0.2, 0.25) is 0 Å². The molecule has 2 aromatic carbocycles. The van der Waals surface area contributed by atoms with Crippen molar-refractivity contribution in [3.63, 3.8) is 0 Å². The number of nitrogens with zero attached hydrogens (tertiary/aromatic N) is 1. The first-order chi connectivity index (χ1) is 10.1. The Bertz CT molecular complexity index is 695. The molecule has 1 aliphatic rings. The third-order valence-corrected chi connectivity index (χ3v) is 3.55. The number of halogens is 1. The molecule has 0 saturated carbocycles. The van der Waals surface area contributed by atoms with E-state index in [0.29, 0.717) is 6.61 Å². The molecule has 0 saturated heterocycles. The fourth-order valence-electron chi connectivity index (χ4n) is 2.75. The molecule has 1 N–H and O–H groups in total. The van der Waals surface area contributed by atoms with Gasteiger partial charge in [-0.05, 0) is 49.0 Å². The standard InChI is InChI=1S/C18H19NO2.ClH/c1-19(2)11-14-12-21-17-9-4-3-8-16(17)18(14)13-6-5-7-15(20)10-13;/h3-10,20H,11-12H2,1-2H3;1H. The van der Waals surface area contributed by atoms with E-state index < -0.39 is 0 Å². The number of fused-ring (bicyclic) bond motifs is 1. The van der Waals surface area contributed by atoms with E-state index in [9.17, 15) is 5.11 Å². The van der Waals surface area contributed by atoms with Crippen LogP contribution in [0.15, 0.2) is 54.1 Å². The van der Waals surface area contributed by atoms with Crippen LogP contribution in [-0.2, 0) is 0 Å².